The molecule has 0 radical (unpaired) electrons. The molecule has 6 aromatic carbocycles. The van der Waals surface area contributed by atoms with E-state index in [-0.39, 0.29) is 0 Å². The van der Waals surface area contributed by atoms with Crippen LogP contribution in [0.25, 0.3) is 70.3 Å². The molecule has 0 fully saturated rings. The highest BCUT2D eigenvalue weighted by atomic mass is 32.1. The third-order valence-corrected chi connectivity index (χ3v) is 9.12. The van der Waals surface area contributed by atoms with Crippen molar-refractivity contribution in [1.29, 1.82) is 0 Å². The summed E-state index contributed by atoms with van der Waals surface area (Å²) in [5.41, 5.74) is 8.71. The van der Waals surface area contributed by atoms with Gasteiger partial charge in [0.25, 0.3) is 0 Å². The molecule has 0 aliphatic heterocycles. The van der Waals surface area contributed by atoms with Crippen molar-refractivity contribution in [2.45, 2.75) is 0 Å². The molecule has 0 saturated carbocycles. The molecule has 0 amide bonds. The van der Waals surface area contributed by atoms with Gasteiger partial charge in [0.2, 0.25) is 0 Å². The summed E-state index contributed by atoms with van der Waals surface area (Å²) < 4.78 is 2.40. The molecule has 0 aliphatic rings. The second-order valence-electron chi connectivity index (χ2n) is 10.1. The molecule has 2 heterocycles. The van der Waals surface area contributed by atoms with Gasteiger partial charge in [-0.2, -0.15) is 0 Å². The lowest BCUT2D eigenvalue weighted by atomic mass is 9.96. The van der Waals surface area contributed by atoms with Gasteiger partial charge in [-0.05, 0) is 35.4 Å². The van der Waals surface area contributed by atoms with Crippen molar-refractivity contribution in [2.24, 2.45) is 0 Å². The standard InChI is InChI=1S/C38H25NS/c1-3-14-26(15-4-1)28-18-7-8-19-29(28)37-30-20-9-10-21-31(30)38(40-37)33-23-13-25-35-36(33)32-22-11-12-24-34(32)39(35)27-16-5-2-6-17-27/h1-25H. The molecule has 2 heteroatoms. The van der Waals surface area contributed by atoms with Crippen molar-refractivity contribution < 1.29 is 0 Å². The molecule has 0 N–H and O–H groups in total. The average Bonchev–Trinajstić information content (AvgIpc) is 3.58. The van der Waals surface area contributed by atoms with Gasteiger partial charge in [0.05, 0.1) is 11.0 Å². The summed E-state index contributed by atoms with van der Waals surface area (Å²) in [6.45, 7) is 0. The molecule has 8 aromatic rings. The summed E-state index contributed by atoms with van der Waals surface area (Å²) in [6, 6.07) is 54.7. The Balaban J connectivity index is 1.44. The molecule has 40 heavy (non-hydrogen) atoms. The molecule has 0 saturated heterocycles. The molecule has 2 aromatic heterocycles. The fraction of sp³-hybridized carbons (Fsp3) is 0. The molecule has 0 unspecified atom stereocenters. The Kier molecular flexibility index (Phi) is 5.39. The van der Waals surface area contributed by atoms with E-state index in [9.17, 15) is 0 Å². The number of aromatic nitrogens is 1. The fourth-order valence-corrected chi connectivity index (χ4v) is 7.45. The Labute approximate surface area is 237 Å². The lowest BCUT2D eigenvalue weighted by molar-refractivity contribution is 1.18. The molecule has 8 rings (SSSR count). The first-order chi connectivity index (χ1) is 19.9. The third-order valence-electron chi connectivity index (χ3n) is 7.83. The molecule has 1 nitrogen and oxygen atoms in total. The lowest BCUT2D eigenvalue weighted by Gasteiger charge is -2.09. The van der Waals surface area contributed by atoms with E-state index in [2.05, 4.69) is 156 Å². The van der Waals surface area contributed by atoms with Crippen LogP contribution in [0, 0.1) is 0 Å². The summed E-state index contributed by atoms with van der Waals surface area (Å²) in [6.07, 6.45) is 0. The Morgan fingerprint density at radius 3 is 1.65 bits per heavy atom. The van der Waals surface area contributed by atoms with Gasteiger partial charge >= 0.3 is 0 Å². The van der Waals surface area contributed by atoms with E-state index in [0.717, 1.165) is 0 Å². The first-order valence-corrected chi connectivity index (χ1v) is 14.4. The number of hydrogen-bond donors (Lipinski definition) is 0. The maximum absolute atomic E-state index is 2.40. The summed E-state index contributed by atoms with van der Waals surface area (Å²) in [5.74, 6) is 0. The van der Waals surface area contributed by atoms with E-state index in [1.165, 1.54) is 70.3 Å². The number of benzene rings is 6. The van der Waals surface area contributed by atoms with Crippen LogP contribution >= 0.6 is 11.3 Å². The highest BCUT2D eigenvalue weighted by Crippen LogP contribution is 2.49. The summed E-state index contributed by atoms with van der Waals surface area (Å²) in [4.78, 5) is 2.63. The van der Waals surface area contributed by atoms with Crippen molar-refractivity contribution in [3.8, 4) is 37.7 Å². The minimum absolute atomic E-state index is 1.18. The van der Waals surface area contributed by atoms with Gasteiger partial charge in [-0.3, -0.25) is 0 Å². The smallest absolute Gasteiger partial charge is 0.0547 e. The summed E-state index contributed by atoms with van der Waals surface area (Å²) >= 11 is 1.91. The van der Waals surface area contributed by atoms with Crippen molar-refractivity contribution in [3.05, 3.63) is 152 Å². The maximum atomic E-state index is 2.40. The van der Waals surface area contributed by atoms with E-state index >= 15 is 0 Å². The zero-order valence-electron chi connectivity index (χ0n) is 21.8. The Hall–Kier alpha value is -4.92. The minimum Gasteiger partial charge on any atom is -0.309 e. The average molecular weight is 528 g/mol. The topological polar surface area (TPSA) is 4.93 Å². The second kappa shape index (κ2) is 9.37. The van der Waals surface area contributed by atoms with Gasteiger partial charge in [-0.15, -0.1) is 11.3 Å². The molecule has 0 aliphatic carbocycles. The molecule has 0 bridgehead atoms. The van der Waals surface area contributed by atoms with Crippen LogP contribution in [0.4, 0.5) is 0 Å². The number of rotatable bonds is 4. The first-order valence-electron chi connectivity index (χ1n) is 13.6. The number of fused-ring (bicyclic) bond motifs is 4. The van der Waals surface area contributed by atoms with Crippen molar-refractivity contribution in [3.63, 3.8) is 0 Å². The Bertz CT molecular complexity index is 2150. The largest absolute Gasteiger partial charge is 0.309 e. The minimum atomic E-state index is 1.18. The number of hydrogen-bond acceptors (Lipinski definition) is 1. The number of nitrogens with zero attached hydrogens (tertiary/aromatic N) is 1. The summed E-state index contributed by atoms with van der Waals surface area (Å²) in [5, 5.41) is 5.18. The van der Waals surface area contributed by atoms with Crippen LogP contribution in [0.1, 0.15) is 0 Å². The second-order valence-corrected chi connectivity index (χ2v) is 11.1. The van der Waals surface area contributed by atoms with Gasteiger partial charge in [0, 0.05) is 48.1 Å². The van der Waals surface area contributed by atoms with Gasteiger partial charge in [0.15, 0.2) is 0 Å². The monoisotopic (exact) mass is 527 g/mol. The van der Waals surface area contributed by atoms with Gasteiger partial charge in [-0.25, -0.2) is 0 Å². The predicted molar refractivity (Wildman–Crippen MR) is 172 cm³/mol. The number of para-hydroxylation sites is 2. The maximum Gasteiger partial charge on any atom is 0.0547 e. The van der Waals surface area contributed by atoms with Crippen molar-refractivity contribution >= 4 is 43.9 Å². The highest BCUT2D eigenvalue weighted by Gasteiger charge is 2.21. The molecular formula is C38H25NS. The van der Waals surface area contributed by atoms with Crippen molar-refractivity contribution in [2.75, 3.05) is 0 Å². The van der Waals surface area contributed by atoms with Crippen LogP contribution in [0.15, 0.2) is 152 Å². The van der Waals surface area contributed by atoms with Gasteiger partial charge in [-0.1, -0.05) is 127 Å². The Morgan fingerprint density at radius 1 is 0.375 bits per heavy atom. The fourth-order valence-electron chi connectivity index (χ4n) is 6.11. The van der Waals surface area contributed by atoms with Gasteiger partial charge < -0.3 is 4.57 Å². The number of thiophene rings is 1. The zero-order chi connectivity index (χ0) is 26.5. The first kappa shape index (κ1) is 23.0. The zero-order valence-corrected chi connectivity index (χ0v) is 22.6. The van der Waals surface area contributed by atoms with E-state index in [1.54, 1.807) is 0 Å². The highest BCUT2D eigenvalue weighted by molar-refractivity contribution is 7.21. The van der Waals surface area contributed by atoms with E-state index in [1.807, 2.05) is 11.3 Å². The molecule has 0 atom stereocenters. The third kappa shape index (κ3) is 3.54. The van der Waals surface area contributed by atoms with Crippen LogP contribution in [0.2, 0.25) is 0 Å². The van der Waals surface area contributed by atoms with Crippen LogP contribution < -0.4 is 0 Å². The molecule has 188 valence electrons. The van der Waals surface area contributed by atoms with Crippen LogP contribution in [0.5, 0.6) is 0 Å². The van der Waals surface area contributed by atoms with Crippen molar-refractivity contribution in [1.82, 2.24) is 4.57 Å². The predicted octanol–water partition coefficient (Wildman–Crippen LogP) is 11.0. The Morgan fingerprint density at radius 2 is 0.900 bits per heavy atom. The SMILES string of the molecule is c1ccc(-c2ccccc2-c2sc(-c3cccc4c3c3ccccc3n4-c3ccccc3)c3ccccc23)cc1. The van der Waals surface area contributed by atoms with Crippen LogP contribution in [-0.2, 0) is 0 Å². The summed E-state index contributed by atoms with van der Waals surface area (Å²) in [7, 11) is 0. The normalized spacial score (nSPS) is 11.5. The molecule has 0 spiro atoms. The quantitative estimate of drug-likeness (QED) is 0.214. The lowest BCUT2D eigenvalue weighted by Crippen LogP contribution is -1.92. The van der Waals surface area contributed by atoms with E-state index < -0.39 is 0 Å². The van der Waals surface area contributed by atoms with Gasteiger partial charge in [0.1, 0.15) is 0 Å². The van der Waals surface area contributed by atoms with Crippen LogP contribution in [-0.4, -0.2) is 4.57 Å². The van der Waals surface area contributed by atoms with Crippen LogP contribution in [0.3, 0.4) is 0 Å². The van der Waals surface area contributed by atoms with E-state index in [4.69, 9.17) is 0 Å². The molecular weight excluding hydrogens is 502 g/mol. The van der Waals surface area contributed by atoms with E-state index in [0.29, 0.717) is 0 Å².